The van der Waals surface area contributed by atoms with Crippen LogP contribution in [0.1, 0.15) is 51.9 Å². The van der Waals surface area contributed by atoms with Crippen molar-refractivity contribution in [2.75, 3.05) is 0 Å². The monoisotopic (exact) mass is 247 g/mol. The van der Waals surface area contributed by atoms with Gasteiger partial charge < -0.3 is 4.74 Å². The number of nitrogens with zero attached hydrogens (tertiary/aromatic N) is 1. The molecule has 4 rings (SSSR count). The van der Waals surface area contributed by atoms with Crippen molar-refractivity contribution in [3.63, 3.8) is 0 Å². The van der Waals surface area contributed by atoms with Gasteiger partial charge in [-0.3, -0.25) is 4.79 Å². The van der Waals surface area contributed by atoms with Gasteiger partial charge in [0.05, 0.1) is 5.41 Å². The van der Waals surface area contributed by atoms with E-state index in [2.05, 4.69) is 6.07 Å². The van der Waals surface area contributed by atoms with Crippen molar-refractivity contribution in [3.05, 3.63) is 0 Å². The number of rotatable bonds is 3. The Morgan fingerprint density at radius 1 is 1.28 bits per heavy atom. The highest BCUT2D eigenvalue weighted by atomic mass is 16.5. The number of ether oxygens (including phenoxy) is 1. The summed E-state index contributed by atoms with van der Waals surface area (Å²) in [7, 11) is 0. The number of hydrogen-bond donors (Lipinski definition) is 0. The molecule has 4 aliphatic rings. The molecule has 0 N–H and O–H groups in total. The molecule has 18 heavy (non-hydrogen) atoms. The Hall–Kier alpha value is -1.04. The molecule has 0 aromatic rings. The largest absolute Gasteiger partial charge is 0.447 e. The van der Waals surface area contributed by atoms with Crippen molar-refractivity contribution in [2.24, 2.45) is 23.2 Å². The number of carbonyl (C=O) groups excluding carboxylic acids is 1. The van der Waals surface area contributed by atoms with E-state index >= 15 is 0 Å². The average Bonchev–Trinajstić information content (AvgIpc) is 2.34. The third kappa shape index (κ3) is 1.83. The fraction of sp³-hybridized carbons (Fsp3) is 0.867. The van der Waals surface area contributed by atoms with Crippen LogP contribution in [0.15, 0.2) is 0 Å². The van der Waals surface area contributed by atoms with E-state index in [1.165, 1.54) is 19.3 Å². The zero-order chi connectivity index (χ0) is 12.8. The fourth-order valence-corrected chi connectivity index (χ4v) is 4.82. The summed E-state index contributed by atoms with van der Waals surface area (Å²) in [4.78, 5) is 12.5. The van der Waals surface area contributed by atoms with E-state index in [-0.39, 0.29) is 11.4 Å². The van der Waals surface area contributed by atoms with E-state index < -0.39 is 6.10 Å². The topological polar surface area (TPSA) is 50.1 Å². The van der Waals surface area contributed by atoms with Crippen LogP contribution in [-0.2, 0) is 9.53 Å². The van der Waals surface area contributed by atoms with Gasteiger partial charge >= 0.3 is 5.97 Å². The van der Waals surface area contributed by atoms with Gasteiger partial charge in [0.15, 0.2) is 6.10 Å². The van der Waals surface area contributed by atoms with Crippen LogP contribution in [0, 0.1) is 34.5 Å². The lowest BCUT2D eigenvalue weighted by Crippen LogP contribution is -2.51. The van der Waals surface area contributed by atoms with Gasteiger partial charge in [0, 0.05) is 0 Å². The SMILES string of the molecule is CCC(C#N)OC(=O)C12CC3CC(CC(C3)C1)C2. The highest BCUT2D eigenvalue weighted by Crippen LogP contribution is 2.60. The smallest absolute Gasteiger partial charge is 0.313 e. The third-order valence-electron chi connectivity index (χ3n) is 5.24. The molecule has 0 aromatic carbocycles. The van der Waals surface area contributed by atoms with Crippen LogP contribution < -0.4 is 0 Å². The molecule has 1 atom stereocenters. The molecule has 0 saturated heterocycles. The molecule has 0 aromatic heterocycles. The Morgan fingerprint density at radius 3 is 2.17 bits per heavy atom. The molecule has 0 amide bonds. The third-order valence-corrected chi connectivity index (χ3v) is 5.24. The van der Waals surface area contributed by atoms with Crippen LogP contribution in [0.25, 0.3) is 0 Å². The number of carbonyl (C=O) groups is 1. The zero-order valence-electron chi connectivity index (χ0n) is 11.0. The molecule has 0 aliphatic heterocycles. The summed E-state index contributed by atoms with van der Waals surface area (Å²) >= 11 is 0. The van der Waals surface area contributed by atoms with Crippen molar-refractivity contribution in [1.82, 2.24) is 0 Å². The summed E-state index contributed by atoms with van der Waals surface area (Å²) in [5.74, 6) is 2.15. The lowest BCUT2D eigenvalue weighted by molar-refractivity contribution is -0.174. The van der Waals surface area contributed by atoms with Crippen molar-refractivity contribution >= 4 is 5.97 Å². The molecule has 3 nitrogen and oxygen atoms in total. The summed E-state index contributed by atoms with van der Waals surface area (Å²) in [6.45, 7) is 1.89. The Morgan fingerprint density at radius 2 is 1.78 bits per heavy atom. The molecule has 1 unspecified atom stereocenters. The molecule has 0 heterocycles. The maximum Gasteiger partial charge on any atom is 0.313 e. The molecule has 4 saturated carbocycles. The molecular formula is C15H21NO2. The molecule has 0 spiro atoms. The molecule has 0 radical (unpaired) electrons. The Bertz CT molecular complexity index is 361. The molecule has 4 aliphatic carbocycles. The van der Waals surface area contributed by atoms with Crippen LogP contribution >= 0.6 is 0 Å². The Kier molecular flexibility index (Phi) is 2.84. The minimum atomic E-state index is -0.550. The Balaban J connectivity index is 1.75. The minimum absolute atomic E-state index is 0.0741. The van der Waals surface area contributed by atoms with Crippen molar-refractivity contribution in [3.8, 4) is 6.07 Å². The standard InChI is InChI=1S/C15H21NO2/c1-2-13(9-16)18-14(17)15-6-10-3-11(7-15)5-12(4-10)8-15/h10-13H,2-8H2,1H3. The van der Waals surface area contributed by atoms with Gasteiger partial charge in [-0.15, -0.1) is 0 Å². The molecule has 98 valence electrons. The van der Waals surface area contributed by atoms with Crippen LogP contribution in [0.4, 0.5) is 0 Å². The molecular weight excluding hydrogens is 226 g/mol. The van der Waals surface area contributed by atoms with Crippen molar-refractivity contribution in [1.29, 1.82) is 5.26 Å². The Labute approximate surface area is 108 Å². The highest BCUT2D eigenvalue weighted by molar-refractivity contribution is 5.78. The first-order chi connectivity index (χ1) is 8.65. The first-order valence-electron chi connectivity index (χ1n) is 7.26. The van der Waals surface area contributed by atoms with Gasteiger partial charge in [0.2, 0.25) is 0 Å². The van der Waals surface area contributed by atoms with Gasteiger partial charge in [0.1, 0.15) is 6.07 Å². The second-order valence-corrected chi connectivity index (χ2v) is 6.63. The van der Waals surface area contributed by atoms with Gasteiger partial charge in [-0.05, 0) is 62.7 Å². The summed E-state index contributed by atoms with van der Waals surface area (Å²) in [5, 5.41) is 8.93. The predicted octanol–water partition coefficient (Wildman–Crippen LogP) is 3.05. The first-order valence-corrected chi connectivity index (χ1v) is 7.26. The number of nitriles is 1. The van der Waals surface area contributed by atoms with Gasteiger partial charge in [-0.25, -0.2) is 0 Å². The van der Waals surface area contributed by atoms with Crippen LogP contribution in [0.2, 0.25) is 0 Å². The highest BCUT2D eigenvalue weighted by Gasteiger charge is 2.55. The van der Waals surface area contributed by atoms with Gasteiger partial charge in [-0.2, -0.15) is 5.26 Å². The van der Waals surface area contributed by atoms with E-state index in [0.29, 0.717) is 6.42 Å². The van der Waals surface area contributed by atoms with Crippen LogP contribution in [0.3, 0.4) is 0 Å². The normalized spacial score (nSPS) is 42.3. The zero-order valence-corrected chi connectivity index (χ0v) is 11.0. The van der Waals surface area contributed by atoms with E-state index in [4.69, 9.17) is 10.00 Å². The molecule has 4 fully saturated rings. The van der Waals surface area contributed by atoms with Gasteiger partial charge in [0.25, 0.3) is 0 Å². The predicted molar refractivity (Wildman–Crippen MR) is 66.4 cm³/mol. The van der Waals surface area contributed by atoms with E-state index in [0.717, 1.165) is 37.0 Å². The maximum atomic E-state index is 12.5. The summed E-state index contributed by atoms with van der Waals surface area (Å²) < 4.78 is 5.43. The van der Waals surface area contributed by atoms with Crippen LogP contribution in [-0.4, -0.2) is 12.1 Å². The van der Waals surface area contributed by atoms with Crippen molar-refractivity contribution in [2.45, 2.75) is 58.0 Å². The first kappa shape index (κ1) is 12.0. The lowest BCUT2D eigenvalue weighted by Gasteiger charge is -2.55. The van der Waals surface area contributed by atoms with Crippen molar-refractivity contribution < 1.29 is 9.53 Å². The summed E-state index contributed by atoms with van der Waals surface area (Å²) in [5.41, 5.74) is -0.223. The van der Waals surface area contributed by atoms with E-state index in [1.807, 2.05) is 6.92 Å². The fourth-order valence-electron chi connectivity index (χ4n) is 4.82. The lowest BCUT2D eigenvalue weighted by atomic mass is 9.49. The molecule has 3 heteroatoms. The van der Waals surface area contributed by atoms with Gasteiger partial charge in [-0.1, -0.05) is 6.92 Å². The maximum absolute atomic E-state index is 12.5. The quantitative estimate of drug-likeness (QED) is 0.720. The second-order valence-electron chi connectivity index (χ2n) is 6.63. The van der Waals surface area contributed by atoms with E-state index in [1.54, 1.807) is 0 Å². The number of esters is 1. The number of hydrogen-bond acceptors (Lipinski definition) is 3. The average molecular weight is 247 g/mol. The molecule has 4 bridgehead atoms. The summed E-state index contributed by atoms with van der Waals surface area (Å²) in [6, 6.07) is 2.07. The van der Waals surface area contributed by atoms with Crippen LogP contribution in [0.5, 0.6) is 0 Å². The minimum Gasteiger partial charge on any atom is -0.447 e. The summed E-state index contributed by atoms with van der Waals surface area (Å²) in [6.07, 6.45) is 7.05. The van der Waals surface area contributed by atoms with E-state index in [9.17, 15) is 4.79 Å². The second kappa shape index (κ2) is 4.26.